The van der Waals surface area contributed by atoms with Gasteiger partial charge in [0.2, 0.25) is 0 Å². The third-order valence-corrected chi connectivity index (χ3v) is 8.98. The molecule has 2 heterocycles. The van der Waals surface area contributed by atoms with E-state index in [1.54, 1.807) is 0 Å². The van der Waals surface area contributed by atoms with Crippen molar-refractivity contribution in [1.82, 2.24) is 9.38 Å². The van der Waals surface area contributed by atoms with Crippen molar-refractivity contribution in [2.45, 2.75) is 0 Å². The lowest BCUT2D eigenvalue weighted by Crippen LogP contribution is -2.09. The Morgan fingerprint density at radius 1 is 0.391 bits per heavy atom. The Morgan fingerprint density at radius 2 is 0.913 bits per heavy atom. The van der Waals surface area contributed by atoms with Crippen LogP contribution in [0.3, 0.4) is 0 Å². The van der Waals surface area contributed by atoms with Gasteiger partial charge in [-0.15, -0.1) is 0 Å². The van der Waals surface area contributed by atoms with E-state index in [0.29, 0.717) is 0 Å². The third-order valence-electron chi connectivity index (χ3n) is 8.98. The molecule has 9 aromatic rings. The predicted molar refractivity (Wildman–Crippen MR) is 193 cm³/mol. The average molecular weight is 588 g/mol. The molecule has 0 bridgehead atoms. The molecule has 0 atom stereocenters. The van der Waals surface area contributed by atoms with E-state index in [1.165, 1.54) is 43.8 Å². The summed E-state index contributed by atoms with van der Waals surface area (Å²) in [5.74, 6) is 0. The van der Waals surface area contributed by atoms with Gasteiger partial charge >= 0.3 is 0 Å². The van der Waals surface area contributed by atoms with Crippen LogP contribution in [-0.4, -0.2) is 9.38 Å². The fourth-order valence-electron chi connectivity index (χ4n) is 6.78. The summed E-state index contributed by atoms with van der Waals surface area (Å²) >= 11 is 0. The summed E-state index contributed by atoms with van der Waals surface area (Å²) in [6, 6.07) is 60.5. The molecule has 0 aliphatic heterocycles. The number of imidazole rings is 1. The van der Waals surface area contributed by atoms with Crippen molar-refractivity contribution in [3.63, 3.8) is 0 Å². The molecule has 2 aromatic heterocycles. The lowest BCUT2D eigenvalue weighted by atomic mass is 9.95. The summed E-state index contributed by atoms with van der Waals surface area (Å²) < 4.78 is 2.21. The Morgan fingerprint density at radius 3 is 1.59 bits per heavy atom. The van der Waals surface area contributed by atoms with Crippen molar-refractivity contribution in [1.29, 1.82) is 0 Å². The van der Waals surface area contributed by atoms with Crippen molar-refractivity contribution in [2.75, 3.05) is 4.90 Å². The Bertz CT molecular complexity index is 2460. The summed E-state index contributed by atoms with van der Waals surface area (Å²) in [6.45, 7) is 0. The smallest absolute Gasteiger partial charge is 0.137 e. The molecular formula is C43H29N3. The molecule has 0 radical (unpaired) electrons. The Hall–Kier alpha value is -6.19. The van der Waals surface area contributed by atoms with Gasteiger partial charge in [-0.2, -0.15) is 0 Å². The average Bonchev–Trinajstić information content (AvgIpc) is 3.53. The van der Waals surface area contributed by atoms with Crippen LogP contribution in [0.15, 0.2) is 176 Å². The minimum Gasteiger partial charge on any atom is -0.311 e. The molecule has 0 aliphatic rings. The first kappa shape index (κ1) is 26.2. The van der Waals surface area contributed by atoms with Crippen molar-refractivity contribution in [3.05, 3.63) is 176 Å². The van der Waals surface area contributed by atoms with Crippen LogP contribution in [0.1, 0.15) is 0 Å². The second kappa shape index (κ2) is 10.8. The number of benzene rings is 7. The number of anilines is 3. The van der Waals surface area contributed by atoms with Gasteiger partial charge in [0.15, 0.2) is 0 Å². The molecule has 216 valence electrons. The number of hydrogen-bond donors (Lipinski definition) is 0. The standard InChI is InChI=1S/C43H29N3/c1-3-11-34(12-4-1)46(35-13-5-2-6-14-35)36-25-22-31(23-26-36)30-18-20-32(21-19-30)33-24-27-39-40(29-33)37-15-7-8-16-38(37)42-43(39)45-28-10-9-17-41(45)44-42/h1-29H. The van der Waals surface area contributed by atoms with E-state index in [4.69, 9.17) is 4.98 Å². The van der Waals surface area contributed by atoms with E-state index in [1.807, 2.05) is 6.07 Å². The second-order valence-corrected chi connectivity index (χ2v) is 11.7. The maximum atomic E-state index is 5.02. The van der Waals surface area contributed by atoms with Crippen molar-refractivity contribution < 1.29 is 0 Å². The van der Waals surface area contributed by atoms with Crippen LogP contribution < -0.4 is 4.90 Å². The number of hydrogen-bond acceptors (Lipinski definition) is 2. The zero-order chi connectivity index (χ0) is 30.5. The molecule has 0 unspecified atom stereocenters. The van der Waals surface area contributed by atoms with Crippen molar-refractivity contribution >= 4 is 55.3 Å². The van der Waals surface area contributed by atoms with E-state index >= 15 is 0 Å². The van der Waals surface area contributed by atoms with E-state index in [0.717, 1.165) is 33.7 Å². The van der Waals surface area contributed by atoms with E-state index in [-0.39, 0.29) is 0 Å². The normalized spacial score (nSPS) is 11.5. The fraction of sp³-hybridized carbons (Fsp3) is 0. The van der Waals surface area contributed by atoms with Gasteiger partial charge in [-0.25, -0.2) is 4.98 Å². The minimum atomic E-state index is 0.968. The molecule has 0 spiro atoms. The highest BCUT2D eigenvalue weighted by Gasteiger charge is 2.15. The molecule has 0 aliphatic carbocycles. The molecule has 46 heavy (non-hydrogen) atoms. The van der Waals surface area contributed by atoms with Crippen LogP contribution >= 0.6 is 0 Å². The number of nitrogens with zero attached hydrogens (tertiary/aromatic N) is 3. The maximum absolute atomic E-state index is 5.02. The molecule has 0 saturated carbocycles. The quantitative estimate of drug-likeness (QED) is 0.187. The lowest BCUT2D eigenvalue weighted by Gasteiger charge is -2.25. The molecule has 9 rings (SSSR count). The monoisotopic (exact) mass is 587 g/mol. The van der Waals surface area contributed by atoms with Crippen LogP contribution in [0.25, 0.3) is 60.5 Å². The Balaban J connectivity index is 1.08. The molecule has 0 fully saturated rings. The van der Waals surface area contributed by atoms with Gasteiger partial charge in [-0.1, -0.05) is 115 Å². The first-order valence-corrected chi connectivity index (χ1v) is 15.6. The molecule has 3 heteroatoms. The summed E-state index contributed by atoms with van der Waals surface area (Å²) in [6.07, 6.45) is 2.11. The number of rotatable bonds is 5. The Kier molecular flexibility index (Phi) is 6.14. The lowest BCUT2D eigenvalue weighted by molar-refractivity contribution is 1.23. The van der Waals surface area contributed by atoms with Gasteiger partial charge < -0.3 is 4.90 Å². The topological polar surface area (TPSA) is 20.5 Å². The van der Waals surface area contributed by atoms with Crippen molar-refractivity contribution in [2.24, 2.45) is 0 Å². The highest BCUT2D eigenvalue weighted by Crippen LogP contribution is 2.38. The Labute approximate surface area is 267 Å². The number of pyridine rings is 1. The van der Waals surface area contributed by atoms with E-state index < -0.39 is 0 Å². The molecule has 0 saturated heterocycles. The highest BCUT2D eigenvalue weighted by atomic mass is 15.1. The third kappa shape index (κ3) is 4.33. The van der Waals surface area contributed by atoms with Gasteiger partial charge in [-0.3, -0.25) is 4.40 Å². The zero-order valence-corrected chi connectivity index (χ0v) is 25.1. The van der Waals surface area contributed by atoms with Gasteiger partial charge in [0.1, 0.15) is 5.65 Å². The highest BCUT2D eigenvalue weighted by molar-refractivity contribution is 6.24. The maximum Gasteiger partial charge on any atom is 0.137 e. The fourth-order valence-corrected chi connectivity index (χ4v) is 6.78. The first-order chi connectivity index (χ1) is 22.8. The van der Waals surface area contributed by atoms with Crippen LogP contribution in [0.5, 0.6) is 0 Å². The van der Waals surface area contributed by atoms with Crippen LogP contribution in [-0.2, 0) is 0 Å². The first-order valence-electron chi connectivity index (χ1n) is 15.6. The second-order valence-electron chi connectivity index (χ2n) is 11.7. The largest absolute Gasteiger partial charge is 0.311 e. The summed E-state index contributed by atoms with van der Waals surface area (Å²) in [7, 11) is 0. The van der Waals surface area contributed by atoms with Crippen LogP contribution in [0.2, 0.25) is 0 Å². The zero-order valence-electron chi connectivity index (χ0n) is 25.1. The van der Waals surface area contributed by atoms with Gasteiger partial charge in [0.05, 0.1) is 11.0 Å². The number of fused-ring (bicyclic) bond motifs is 8. The van der Waals surface area contributed by atoms with E-state index in [2.05, 4.69) is 179 Å². The van der Waals surface area contributed by atoms with Crippen molar-refractivity contribution in [3.8, 4) is 22.3 Å². The molecular weight excluding hydrogens is 558 g/mol. The number of aromatic nitrogens is 2. The van der Waals surface area contributed by atoms with Gasteiger partial charge in [0, 0.05) is 34.0 Å². The summed E-state index contributed by atoms with van der Waals surface area (Å²) in [5.41, 5.74) is 11.4. The SMILES string of the molecule is c1ccc(N(c2ccccc2)c2ccc(-c3ccc(-c4ccc5c(c4)c4ccccc4c4nc6ccccn6c54)cc3)cc2)cc1. The summed E-state index contributed by atoms with van der Waals surface area (Å²) in [5, 5.41) is 4.87. The van der Waals surface area contributed by atoms with Gasteiger partial charge in [0.25, 0.3) is 0 Å². The van der Waals surface area contributed by atoms with Gasteiger partial charge in [-0.05, 0) is 87.6 Å². The number of para-hydroxylation sites is 2. The predicted octanol–water partition coefficient (Wildman–Crippen LogP) is 11.6. The molecule has 0 N–H and O–H groups in total. The molecule has 3 nitrogen and oxygen atoms in total. The molecule has 7 aromatic carbocycles. The minimum absolute atomic E-state index is 0.968. The summed E-state index contributed by atoms with van der Waals surface area (Å²) in [4.78, 5) is 7.31. The van der Waals surface area contributed by atoms with Crippen LogP contribution in [0, 0.1) is 0 Å². The van der Waals surface area contributed by atoms with Crippen LogP contribution in [0.4, 0.5) is 17.1 Å². The molecule has 0 amide bonds. The van der Waals surface area contributed by atoms with E-state index in [9.17, 15) is 0 Å².